The molecule has 0 aromatic carbocycles. The zero-order valence-corrected chi connectivity index (χ0v) is 41.3. The largest absolute Gasteiger partial charge is 0.462 e. The van der Waals surface area contributed by atoms with Gasteiger partial charge in [0, 0.05) is 19.3 Å². The third-order valence-electron chi connectivity index (χ3n) is 11.2. The summed E-state index contributed by atoms with van der Waals surface area (Å²) in [7, 11) is 0. The Morgan fingerprint density at radius 1 is 0.333 bits per heavy atom. The maximum atomic E-state index is 12.8. The van der Waals surface area contributed by atoms with Crippen LogP contribution in [-0.2, 0) is 28.6 Å². The first kappa shape index (κ1) is 59.9. The minimum Gasteiger partial charge on any atom is -0.462 e. The van der Waals surface area contributed by atoms with Crippen LogP contribution in [0.3, 0.4) is 0 Å². The highest BCUT2D eigenvalue weighted by Crippen LogP contribution is 2.14. The van der Waals surface area contributed by atoms with Crippen molar-refractivity contribution in [2.75, 3.05) is 13.2 Å². The minimum absolute atomic E-state index is 0.0914. The number of carbonyl (C=O) groups excluding carboxylic acids is 3. The third kappa shape index (κ3) is 49.7. The van der Waals surface area contributed by atoms with Crippen molar-refractivity contribution in [3.63, 3.8) is 0 Å². The molecule has 6 nitrogen and oxygen atoms in total. The molecule has 6 heteroatoms. The molecule has 0 bridgehead atoms. The number of rotatable bonds is 47. The Balaban J connectivity index is 4.45. The Kier molecular flexibility index (Phi) is 48.9. The maximum Gasteiger partial charge on any atom is 0.306 e. The van der Waals surface area contributed by atoms with Gasteiger partial charge in [-0.05, 0) is 109 Å². The van der Waals surface area contributed by atoms with Gasteiger partial charge in [0.2, 0.25) is 0 Å². The number of esters is 3. The van der Waals surface area contributed by atoms with Gasteiger partial charge in [-0.2, -0.15) is 0 Å². The molecular weight excluding hydrogens is 781 g/mol. The van der Waals surface area contributed by atoms with Crippen molar-refractivity contribution in [3.05, 3.63) is 72.9 Å². The lowest BCUT2D eigenvalue weighted by Crippen LogP contribution is -2.30. The summed E-state index contributed by atoms with van der Waals surface area (Å²) in [6.45, 7) is 6.46. The van der Waals surface area contributed by atoms with Crippen molar-refractivity contribution in [3.8, 4) is 0 Å². The fourth-order valence-electron chi connectivity index (χ4n) is 7.19. The number of ether oxygens (including phenoxy) is 3. The van der Waals surface area contributed by atoms with E-state index < -0.39 is 6.10 Å². The summed E-state index contributed by atoms with van der Waals surface area (Å²) < 4.78 is 16.8. The van der Waals surface area contributed by atoms with E-state index >= 15 is 0 Å². The molecule has 0 aliphatic rings. The first-order chi connectivity index (χ1) is 31.0. The van der Waals surface area contributed by atoms with Gasteiger partial charge < -0.3 is 14.2 Å². The Labute approximate surface area is 389 Å². The molecule has 0 fully saturated rings. The third-order valence-corrected chi connectivity index (χ3v) is 11.2. The van der Waals surface area contributed by atoms with E-state index in [-0.39, 0.29) is 31.1 Å². The van der Waals surface area contributed by atoms with E-state index in [1.165, 1.54) is 83.5 Å². The van der Waals surface area contributed by atoms with Crippen molar-refractivity contribution >= 4 is 17.9 Å². The van der Waals surface area contributed by atoms with Gasteiger partial charge in [-0.25, -0.2) is 0 Å². The number of hydrogen-bond acceptors (Lipinski definition) is 6. The number of allylic oxidation sites excluding steroid dienone is 12. The molecule has 0 amide bonds. The van der Waals surface area contributed by atoms with Crippen LogP contribution in [0.5, 0.6) is 0 Å². The molecule has 0 aromatic rings. The summed E-state index contributed by atoms with van der Waals surface area (Å²) in [6, 6.07) is 0. The standard InChI is InChI=1S/C57H98O6/c1-4-7-10-13-16-19-22-25-28-31-34-37-40-43-46-49-55(58)61-52-54(63-57(60)51-48-45-42-39-36-33-30-27-24-21-18-15-12-9-6-3)53-62-56(59)50-47-44-41-38-35-32-29-26-23-20-17-14-11-8-5-2/h9,12,16,18-19,21,25-30,54H,4-8,10-11,13-15,17,20,22-24,31-53H2,1-3H3. The maximum absolute atomic E-state index is 12.8. The van der Waals surface area contributed by atoms with Crippen LogP contribution in [0.1, 0.15) is 252 Å². The Hall–Kier alpha value is -3.15. The van der Waals surface area contributed by atoms with Gasteiger partial charge >= 0.3 is 17.9 Å². The molecule has 1 atom stereocenters. The van der Waals surface area contributed by atoms with Crippen molar-refractivity contribution in [1.29, 1.82) is 0 Å². The molecule has 0 aliphatic heterocycles. The average molecular weight is 879 g/mol. The van der Waals surface area contributed by atoms with Crippen LogP contribution in [0.4, 0.5) is 0 Å². The molecule has 0 heterocycles. The normalized spacial score (nSPS) is 12.6. The van der Waals surface area contributed by atoms with Gasteiger partial charge in [0.15, 0.2) is 6.10 Å². The fraction of sp³-hybridized carbons (Fsp3) is 0.737. The van der Waals surface area contributed by atoms with E-state index in [1.54, 1.807) is 0 Å². The molecule has 0 N–H and O–H groups in total. The van der Waals surface area contributed by atoms with Crippen LogP contribution >= 0.6 is 0 Å². The zero-order valence-electron chi connectivity index (χ0n) is 41.3. The SMILES string of the molecule is CCC=CCC=CCC=CCCCCCCCC(=O)OC(COC(=O)CCCCCCCC=CCC=CCCCCC)COC(=O)CCCCCCCC=CCCCCCCCC. The lowest BCUT2D eigenvalue weighted by atomic mass is 10.1. The van der Waals surface area contributed by atoms with Crippen LogP contribution in [0.25, 0.3) is 0 Å². The Bertz CT molecular complexity index is 1190. The minimum atomic E-state index is -0.793. The molecule has 0 saturated heterocycles. The van der Waals surface area contributed by atoms with Crippen LogP contribution < -0.4 is 0 Å². The van der Waals surface area contributed by atoms with Gasteiger partial charge in [-0.15, -0.1) is 0 Å². The second kappa shape index (κ2) is 51.5. The summed E-state index contributed by atoms with van der Waals surface area (Å²) in [5, 5.41) is 0. The molecule has 0 rings (SSSR count). The Morgan fingerprint density at radius 3 is 1.02 bits per heavy atom. The van der Waals surface area contributed by atoms with E-state index in [1.807, 2.05) is 0 Å². The van der Waals surface area contributed by atoms with Gasteiger partial charge in [0.05, 0.1) is 0 Å². The van der Waals surface area contributed by atoms with Crippen molar-refractivity contribution in [1.82, 2.24) is 0 Å². The van der Waals surface area contributed by atoms with Crippen LogP contribution in [0, 0.1) is 0 Å². The van der Waals surface area contributed by atoms with Crippen LogP contribution in [-0.4, -0.2) is 37.2 Å². The second-order valence-electron chi connectivity index (χ2n) is 17.4. The molecule has 0 aromatic heterocycles. The van der Waals surface area contributed by atoms with Crippen molar-refractivity contribution in [2.24, 2.45) is 0 Å². The monoisotopic (exact) mass is 879 g/mol. The smallest absolute Gasteiger partial charge is 0.306 e. The first-order valence-corrected chi connectivity index (χ1v) is 26.4. The second-order valence-corrected chi connectivity index (χ2v) is 17.4. The van der Waals surface area contributed by atoms with E-state index in [4.69, 9.17) is 14.2 Å². The highest BCUT2D eigenvalue weighted by molar-refractivity contribution is 5.71. The lowest BCUT2D eigenvalue weighted by Gasteiger charge is -2.18. The number of unbranched alkanes of at least 4 members (excludes halogenated alkanes) is 24. The number of carbonyl (C=O) groups is 3. The summed E-state index contributed by atoms with van der Waals surface area (Å²) in [5.41, 5.74) is 0. The van der Waals surface area contributed by atoms with E-state index in [9.17, 15) is 14.4 Å². The Morgan fingerprint density at radius 2 is 0.619 bits per heavy atom. The zero-order chi connectivity index (χ0) is 45.8. The van der Waals surface area contributed by atoms with E-state index in [2.05, 4.69) is 93.7 Å². The highest BCUT2D eigenvalue weighted by Gasteiger charge is 2.19. The summed E-state index contributed by atoms with van der Waals surface area (Å²) >= 11 is 0. The van der Waals surface area contributed by atoms with Crippen LogP contribution in [0.15, 0.2) is 72.9 Å². The van der Waals surface area contributed by atoms with Crippen molar-refractivity contribution in [2.45, 2.75) is 258 Å². The van der Waals surface area contributed by atoms with Gasteiger partial charge in [-0.1, -0.05) is 196 Å². The summed E-state index contributed by atoms with van der Waals surface area (Å²) in [4.78, 5) is 38.0. The fourth-order valence-corrected chi connectivity index (χ4v) is 7.19. The topological polar surface area (TPSA) is 78.9 Å². The molecule has 1 unspecified atom stereocenters. The molecule has 0 spiro atoms. The quantitative estimate of drug-likeness (QED) is 0.0262. The molecule has 0 aliphatic carbocycles. The first-order valence-electron chi connectivity index (χ1n) is 26.4. The van der Waals surface area contributed by atoms with Gasteiger partial charge in [-0.3, -0.25) is 14.4 Å². The molecule has 0 radical (unpaired) electrons. The van der Waals surface area contributed by atoms with Gasteiger partial charge in [0.25, 0.3) is 0 Å². The predicted molar refractivity (Wildman–Crippen MR) is 270 cm³/mol. The molecule has 0 saturated carbocycles. The highest BCUT2D eigenvalue weighted by atomic mass is 16.6. The predicted octanol–water partition coefficient (Wildman–Crippen LogP) is 17.4. The van der Waals surface area contributed by atoms with Crippen molar-refractivity contribution < 1.29 is 28.6 Å². The summed E-state index contributed by atoms with van der Waals surface area (Å²) in [6.07, 6.45) is 64.5. The summed E-state index contributed by atoms with van der Waals surface area (Å²) in [5.74, 6) is -0.928. The van der Waals surface area contributed by atoms with Gasteiger partial charge in [0.1, 0.15) is 13.2 Å². The molecule has 362 valence electrons. The van der Waals surface area contributed by atoms with E-state index in [0.29, 0.717) is 19.3 Å². The van der Waals surface area contributed by atoms with E-state index in [0.717, 1.165) is 128 Å². The molecular formula is C57H98O6. The lowest BCUT2D eigenvalue weighted by molar-refractivity contribution is -0.167. The molecule has 63 heavy (non-hydrogen) atoms. The number of hydrogen-bond donors (Lipinski definition) is 0. The van der Waals surface area contributed by atoms with Crippen LogP contribution in [0.2, 0.25) is 0 Å². The average Bonchev–Trinajstić information content (AvgIpc) is 3.28.